The van der Waals surface area contributed by atoms with Crippen molar-refractivity contribution in [2.75, 3.05) is 13.1 Å². The minimum atomic E-state index is -0.0353. The molecule has 0 aliphatic rings. The third-order valence-electron chi connectivity index (χ3n) is 2.05. The monoisotopic (exact) mass is 284 g/mol. The average Bonchev–Trinajstić information content (AvgIpc) is 2.24. The van der Waals surface area contributed by atoms with Crippen LogP contribution in [0.25, 0.3) is 0 Å². The number of carbonyl (C=O) groups excluding carboxylic acids is 1. The van der Waals surface area contributed by atoms with E-state index in [1.54, 1.807) is 6.07 Å². The van der Waals surface area contributed by atoms with E-state index in [1.165, 1.54) is 0 Å². The Bertz CT molecular complexity index is 353. The summed E-state index contributed by atoms with van der Waals surface area (Å²) in [5.41, 5.74) is 0.680. The predicted molar refractivity (Wildman–Crippen MR) is 69.6 cm³/mol. The highest BCUT2D eigenvalue weighted by Crippen LogP contribution is 2.11. The smallest absolute Gasteiger partial charge is 0.251 e. The van der Waals surface area contributed by atoms with Crippen molar-refractivity contribution >= 4 is 21.8 Å². The summed E-state index contributed by atoms with van der Waals surface area (Å²) in [7, 11) is 0. The highest BCUT2D eigenvalue weighted by atomic mass is 79.9. The lowest BCUT2D eigenvalue weighted by Crippen LogP contribution is -2.34. The van der Waals surface area contributed by atoms with Crippen LogP contribution >= 0.6 is 15.9 Å². The molecule has 1 aromatic rings. The molecule has 0 aromatic heterocycles. The van der Waals surface area contributed by atoms with Crippen LogP contribution in [0.15, 0.2) is 28.7 Å². The van der Waals surface area contributed by atoms with Gasteiger partial charge in [-0.25, -0.2) is 0 Å². The molecular formula is C12H17BrN2O. The standard InChI is InChI=1S/C12H17BrN2O/c1-9(2)14-6-7-15-12(16)10-4-3-5-11(13)8-10/h3-5,8-9,14H,6-7H2,1-2H3,(H,15,16). The Morgan fingerprint density at radius 3 is 2.75 bits per heavy atom. The van der Waals surface area contributed by atoms with Crippen LogP contribution in [0.4, 0.5) is 0 Å². The summed E-state index contributed by atoms with van der Waals surface area (Å²) in [6.45, 7) is 5.59. The Balaban J connectivity index is 2.35. The molecule has 1 aromatic carbocycles. The normalized spacial score (nSPS) is 10.5. The second kappa shape index (κ2) is 6.66. The van der Waals surface area contributed by atoms with Crippen molar-refractivity contribution < 1.29 is 4.79 Å². The largest absolute Gasteiger partial charge is 0.351 e. The van der Waals surface area contributed by atoms with Crippen LogP contribution in [0.2, 0.25) is 0 Å². The number of nitrogens with one attached hydrogen (secondary N) is 2. The van der Waals surface area contributed by atoms with Gasteiger partial charge in [-0.1, -0.05) is 35.8 Å². The van der Waals surface area contributed by atoms with Crippen LogP contribution in [0.3, 0.4) is 0 Å². The van der Waals surface area contributed by atoms with Gasteiger partial charge in [0.25, 0.3) is 5.91 Å². The van der Waals surface area contributed by atoms with Gasteiger partial charge in [0.15, 0.2) is 0 Å². The van der Waals surface area contributed by atoms with Crippen LogP contribution in [0.5, 0.6) is 0 Å². The van der Waals surface area contributed by atoms with E-state index in [2.05, 4.69) is 40.4 Å². The van der Waals surface area contributed by atoms with E-state index >= 15 is 0 Å². The predicted octanol–water partition coefficient (Wildman–Crippen LogP) is 2.18. The van der Waals surface area contributed by atoms with Crippen molar-refractivity contribution in [2.24, 2.45) is 0 Å². The van der Waals surface area contributed by atoms with Crippen molar-refractivity contribution in [3.63, 3.8) is 0 Å². The van der Waals surface area contributed by atoms with Crippen molar-refractivity contribution in [3.05, 3.63) is 34.3 Å². The van der Waals surface area contributed by atoms with E-state index in [0.29, 0.717) is 18.2 Å². The van der Waals surface area contributed by atoms with E-state index in [0.717, 1.165) is 11.0 Å². The van der Waals surface area contributed by atoms with Gasteiger partial charge in [-0.3, -0.25) is 4.79 Å². The first-order valence-corrected chi connectivity index (χ1v) is 6.16. The minimum Gasteiger partial charge on any atom is -0.351 e. The molecule has 0 heterocycles. The second-order valence-corrected chi connectivity index (χ2v) is 4.79. The molecule has 4 heteroatoms. The fourth-order valence-electron chi connectivity index (χ4n) is 1.27. The van der Waals surface area contributed by atoms with Crippen LogP contribution in [0.1, 0.15) is 24.2 Å². The molecule has 0 spiro atoms. The Morgan fingerprint density at radius 2 is 2.12 bits per heavy atom. The molecule has 1 amide bonds. The van der Waals surface area contributed by atoms with E-state index in [4.69, 9.17) is 0 Å². The van der Waals surface area contributed by atoms with E-state index in [9.17, 15) is 4.79 Å². The van der Waals surface area contributed by atoms with Gasteiger partial charge < -0.3 is 10.6 Å². The lowest BCUT2D eigenvalue weighted by molar-refractivity contribution is 0.0953. The number of halogens is 1. The first kappa shape index (κ1) is 13.2. The maximum absolute atomic E-state index is 11.7. The molecule has 2 N–H and O–H groups in total. The number of benzene rings is 1. The van der Waals surface area contributed by atoms with Gasteiger partial charge in [0.1, 0.15) is 0 Å². The van der Waals surface area contributed by atoms with Crippen molar-refractivity contribution in [3.8, 4) is 0 Å². The molecule has 0 aliphatic heterocycles. The van der Waals surface area contributed by atoms with Gasteiger partial charge in [0.2, 0.25) is 0 Å². The van der Waals surface area contributed by atoms with Gasteiger partial charge in [-0.05, 0) is 18.2 Å². The van der Waals surface area contributed by atoms with Crippen molar-refractivity contribution in [1.82, 2.24) is 10.6 Å². The summed E-state index contributed by atoms with van der Waals surface area (Å²) < 4.78 is 0.917. The quantitative estimate of drug-likeness (QED) is 0.814. The Morgan fingerprint density at radius 1 is 1.38 bits per heavy atom. The van der Waals surface area contributed by atoms with Crippen LogP contribution in [-0.4, -0.2) is 25.0 Å². The summed E-state index contributed by atoms with van der Waals surface area (Å²) in [4.78, 5) is 11.7. The van der Waals surface area contributed by atoms with Gasteiger partial charge in [-0.15, -0.1) is 0 Å². The molecule has 0 saturated heterocycles. The van der Waals surface area contributed by atoms with Gasteiger partial charge in [0, 0.05) is 29.2 Å². The number of amides is 1. The van der Waals surface area contributed by atoms with Crippen LogP contribution < -0.4 is 10.6 Å². The highest BCUT2D eigenvalue weighted by molar-refractivity contribution is 9.10. The maximum Gasteiger partial charge on any atom is 0.251 e. The van der Waals surface area contributed by atoms with Gasteiger partial charge >= 0.3 is 0 Å². The molecule has 0 saturated carbocycles. The molecule has 3 nitrogen and oxygen atoms in total. The minimum absolute atomic E-state index is 0.0353. The highest BCUT2D eigenvalue weighted by Gasteiger charge is 2.04. The van der Waals surface area contributed by atoms with Gasteiger partial charge in [-0.2, -0.15) is 0 Å². The van der Waals surface area contributed by atoms with Gasteiger partial charge in [0.05, 0.1) is 0 Å². The third kappa shape index (κ3) is 4.77. The van der Waals surface area contributed by atoms with E-state index < -0.39 is 0 Å². The molecule has 0 fully saturated rings. The SMILES string of the molecule is CC(C)NCCNC(=O)c1cccc(Br)c1. The molecule has 1 rings (SSSR count). The Kier molecular flexibility index (Phi) is 5.49. The second-order valence-electron chi connectivity index (χ2n) is 3.88. The average molecular weight is 285 g/mol. The summed E-state index contributed by atoms with van der Waals surface area (Å²) in [5.74, 6) is -0.0353. The third-order valence-corrected chi connectivity index (χ3v) is 2.54. The lowest BCUT2D eigenvalue weighted by atomic mass is 10.2. The number of hydrogen-bond donors (Lipinski definition) is 2. The molecular weight excluding hydrogens is 268 g/mol. The topological polar surface area (TPSA) is 41.1 Å². The molecule has 0 bridgehead atoms. The molecule has 16 heavy (non-hydrogen) atoms. The zero-order chi connectivity index (χ0) is 12.0. The zero-order valence-corrected chi connectivity index (χ0v) is 11.2. The van der Waals surface area contributed by atoms with Crippen LogP contribution in [-0.2, 0) is 0 Å². The summed E-state index contributed by atoms with van der Waals surface area (Å²) in [6.07, 6.45) is 0. The van der Waals surface area contributed by atoms with E-state index in [1.807, 2.05) is 18.2 Å². The molecule has 0 unspecified atom stereocenters. The summed E-state index contributed by atoms with van der Waals surface area (Å²) in [6, 6.07) is 7.81. The zero-order valence-electron chi connectivity index (χ0n) is 9.59. The molecule has 0 radical (unpaired) electrons. The summed E-state index contributed by atoms with van der Waals surface area (Å²) >= 11 is 3.34. The molecule has 0 aliphatic carbocycles. The molecule has 88 valence electrons. The number of carbonyl (C=O) groups is 1. The summed E-state index contributed by atoms with van der Waals surface area (Å²) in [5, 5.41) is 6.10. The van der Waals surface area contributed by atoms with E-state index in [-0.39, 0.29) is 5.91 Å². The van der Waals surface area contributed by atoms with Crippen LogP contribution in [0, 0.1) is 0 Å². The Hall–Kier alpha value is -0.870. The fraction of sp³-hybridized carbons (Fsp3) is 0.417. The molecule has 0 atom stereocenters. The maximum atomic E-state index is 11.7. The number of hydrogen-bond acceptors (Lipinski definition) is 2. The number of rotatable bonds is 5. The van der Waals surface area contributed by atoms with Crippen molar-refractivity contribution in [2.45, 2.75) is 19.9 Å². The lowest BCUT2D eigenvalue weighted by Gasteiger charge is -2.09. The first-order valence-electron chi connectivity index (χ1n) is 5.36. The fourth-order valence-corrected chi connectivity index (χ4v) is 1.67. The Labute approximate surface area is 105 Å². The van der Waals surface area contributed by atoms with Crippen molar-refractivity contribution in [1.29, 1.82) is 0 Å². The first-order chi connectivity index (χ1) is 7.59.